The monoisotopic (exact) mass is 226 g/mol. The standard InChI is InChI=1S/C11H18N2O3/c1-2-9(10-4-3-6-16-10)13-5-7-15-8-11(12)14/h3-4,6,9,13H,2,5,7-8H2,1H3,(H2,12,14). The van der Waals surface area contributed by atoms with Gasteiger partial charge in [-0.2, -0.15) is 0 Å². The molecule has 0 fully saturated rings. The average molecular weight is 226 g/mol. The topological polar surface area (TPSA) is 77.5 Å². The molecule has 0 spiro atoms. The molecule has 0 aliphatic heterocycles. The molecule has 0 saturated carbocycles. The Hall–Kier alpha value is -1.33. The molecule has 1 aromatic heterocycles. The van der Waals surface area contributed by atoms with Gasteiger partial charge in [-0.25, -0.2) is 0 Å². The first-order valence-corrected chi connectivity index (χ1v) is 5.37. The molecule has 1 rings (SSSR count). The Morgan fingerprint density at radius 2 is 2.50 bits per heavy atom. The summed E-state index contributed by atoms with van der Waals surface area (Å²) in [5, 5.41) is 3.27. The minimum absolute atomic E-state index is 0.0285. The molecular weight excluding hydrogens is 208 g/mol. The van der Waals surface area contributed by atoms with E-state index in [1.54, 1.807) is 6.26 Å². The summed E-state index contributed by atoms with van der Waals surface area (Å²) in [7, 11) is 0. The molecule has 1 unspecified atom stereocenters. The fraction of sp³-hybridized carbons (Fsp3) is 0.545. The molecular formula is C11H18N2O3. The molecule has 16 heavy (non-hydrogen) atoms. The maximum Gasteiger partial charge on any atom is 0.243 e. The van der Waals surface area contributed by atoms with Crippen molar-refractivity contribution in [3.05, 3.63) is 24.2 Å². The third-order valence-corrected chi connectivity index (χ3v) is 2.18. The van der Waals surface area contributed by atoms with Gasteiger partial charge in [0.2, 0.25) is 5.91 Å². The van der Waals surface area contributed by atoms with Crippen LogP contribution in [0.25, 0.3) is 0 Å². The highest BCUT2D eigenvalue weighted by Crippen LogP contribution is 2.15. The van der Waals surface area contributed by atoms with Crippen LogP contribution in [0.5, 0.6) is 0 Å². The normalized spacial score (nSPS) is 12.6. The van der Waals surface area contributed by atoms with Crippen LogP contribution >= 0.6 is 0 Å². The number of hydrogen-bond acceptors (Lipinski definition) is 4. The van der Waals surface area contributed by atoms with E-state index in [0.717, 1.165) is 12.2 Å². The SMILES string of the molecule is CCC(NCCOCC(N)=O)c1ccco1. The number of ether oxygens (including phenoxy) is 1. The lowest BCUT2D eigenvalue weighted by Crippen LogP contribution is -2.26. The second-order valence-corrected chi connectivity index (χ2v) is 3.45. The molecule has 1 heterocycles. The van der Waals surface area contributed by atoms with Crippen molar-refractivity contribution < 1.29 is 13.9 Å². The van der Waals surface area contributed by atoms with Gasteiger partial charge in [0.1, 0.15) is 12.4 Å². The number of nitrogens with two attached hydrogens (primary N) is 1. The molecule has 1 atom stereocenters. The Kier molecular flexibility index (Phi) is 5.60. The van der Waals surface area contributed by atoms with Gasteiger partial charge in [0, 0.05) is 6.54 Å². The van der Waals surface area contributed by atoms with E-state index in [-0.39, 0.29) is 12.6 Å². The zero-order valence-electron chi connectivity index (χ0n) is 9.44. The maximum absolute atomic E-state index is 10.4. The lowest BCUT2D eigenvalue weighted by atomic mass is 10.2. The molecule has 0 radical (unpaired) electrons. The largest absolute Gasteiger partial charge is 0.468 e. The Morgan fingerprint density at radius 1 is 1.69 bits per heavy atom. The van der Waals surface area contributed by atoms with Gasteiger partial charge in [-0.1, -0.05) is 6.92 Å². The molecule has 1 amide bonds. The Bertz CT molecular complexity index is 298. The molecule has 5 nitrogen and oxygen atoms in total. The van der Waals surface area contributed by atoms with Crippen LogP contribution in [-0.2, 0) is 9.53 Å². The molecule has 5 heteroatoms. The van der Waals surface area contributed by atoms with Gasteiger partial charge < -0.3 is 20.2 Å². The highest BCUT2D eigenvalue weighted by molar-refractivity contribution is 5.74. The van der Waals surface area contributed by atoms with Crippen molar-refractivity contribution >= 4 is 5.91 Å². The summed E-state index contributed by atoms with van der Waals surface area (Å²) in [6.45, 7) is 3.16. The Morgan fingerprint density at radius 3 is 3.06 bits per heavy atom. The number of furan rings is 1. The fourth-order valence-electron chi connectivity index (χ4n) is 1.41. The number of rotatable bonds is 8. The van der Waals surface area contributed by atoms with Crippen LogP contribution in [0, 0.1) is 0 Å². The number of primary amides is 1. The average Bonchev–Trinajstić information content (AvgIpc) is 2.76. The lowest BCUT2D eigenvalue weighted by Gasteiger charge is -2.14. The van der Waals surface area contributed by atoms with Gasteiger partial charge in [-0.3, -0.25) is 4.79 Å². The minimum Gasteiger partial charge on any atom is -0.468 e. The summed E-state index contributed by atoms with van der Waals surface area (Å²) in [5.74, 6) is 0.468. The van der Waals surface area contributed by atoms with E-state index < -0.39 is 5.91 Å². The van der Waals surface area contributed by atoms with E-state index in [9.17, 15) is 4.79 Å². The first-order chi connectivity index (χ1) is 7.74. The van der Waals surface area contributed by atoms with Crippen molar-refractivity contribution in [2.75, 3.05) is 19.8 Å². The summed E-state index contributed by atoms with van der Waals surface area (Å²) in [6.07, 6.45) is 2.59. The number of hydrogen-bond donors (Lipinski definition) is 2. The maximum atomic E-state index is 10.4. The van der Waals surface area contributed by atoms with Crippen LogP contribution in [0.1, 0.15) is 25.1 Å². The summed E-state index contributed by atoms with van der Waals surface area (Å²) < 4.78 is 10.3. The van der Waals surface area contributed by atoms with Crippen molar-refractivity contribution in [2.24, 2.45) is 5.73 Å². The first-order valence-electron chi connectivity index (χ1n) is 5.37. The smallest absolute Gasteiger partial charge is 0.243 e. The van der Waals surface area contributed by atoms with E-state index in [0.29, 0.717) is 13.2 Å². The van der Waals surface area contributed by atoms with Gasteiger partial charge in [0.15, 0.2) is 0 Å². The van der Waals surface area contributed by atoms with Gasteiger partial charge >= 0.3 is 0 Å². The van der Waals surface area contributed by atoms with Crippen LogP contribution in [0.3, 0.4) is 0 Å². The van der Waals surface area contributed by atoms with Crippen LogP contribution in [0.15, 0.2) is 22.8 Å². The number of nitrogens with one attached hydrogen (secondary N) is 1. The molecule has 0 aromatic carbocycles. The number of carbonyl (C=O) groups is 1. The summed E-state index contributed by atoms with van der Waals surface area (Å²) in [5.41, 5.74) is 4.94. The van der Waals surface area contributed by atoms with Gasteiger partial charge in [0.25, 0.3) is 0 Å². The Labute approximate surface area is 94.9 Å². The van der Waals surface area contributed by atoms with Crippen molar-refractivity contribution in [2.45, 2.75) is 19.4 Å². The predicted octanol–water partition coefficient (Wildman–Crippen LogP) is 0.822. The van der Waals surface area contributed by atoms with Crippen molar-refractivity contribution in [3.8, 4) is 0 Å². The zero-order chi connectivity index (χ0) is 11.8. The molecule has 0 bridgehead atoms. The second kappa shape index (κ2) is 7.03. The van der Waals surface area contributed by atoms with Crippen LogP contribution in [-0.4, -0.2) is 25.7 Å². The Balaban J connectivity index is 2.18. The van der Waals surface area contributed by atoms with Crippen LogP contribution in [0.4, 0.5) is 0 Å². The molecule has 1 aromatic rings. The third-order valence-electron chi connectivity index (χ3n) is 2.18. The lowest BCUT2D eigenvalue weighted by molar-refractivity contribution is -0.122. The van der Waals surface area contributed by atoms with Gasteiger partial charge in [-0.05, 0) is 18.6 Å². The zero-order valence-corrected chi connectivity index (χ0v) is 9.44. The highest BCUT2D eigenvalue weighted by atomic mass is 16.5. The van der Waals surface area contributed by atoms with Crippen LogP contribution < -0.4 is 11.1 Å². The van der Waals surface area contributed by atoms with Crippen LogP contribution in [0.2, 0.25) is 0 Å². The summed E-state index contributed by atoms with van der Waals surface area (Å²) >= 11 is 0. The van der Waals surface area contributed by atoms with Gasteiger partial charge in [-0.15, -0.1) is 0 Å². The van der Waals surface area contributed by atoms with E-state index in [1.807, 2.05) is 12.1 Å². The number of amides is 1. The van der Waals surface area contributed by atoms with E-state index in [1.165, 1.54) is 0 Å². The minimum atomic E-state index is -0.446. The van der Waals surface area contributed by atoms with E-state index in [4.69, 9.17) is 14.9 Å². The second-order valence-electron chi connectivity index (χ2n) is 3.45. The molecule has 90 valence electrons. The summed E-state index contributed by atoms with van der Waals surface area (Å²) in [4.78, 5) is 10.4. The molecule has 0 aliphatic rings. The van der Waals surface area contributed by atoms with Gasteiger partial charge in [0.05, 0.1) is 18.9 Å². The fourth-order valence-corrected chi connectivity index (χ4v) is 1.41. The summed E-state index contributed by atoms with van der Waals surface area (Å²) in [6, 6.07) is 3.99. The van der Waals surface area contributed by atoms with Crippen molar-refractivity contribution in [1.82, 2.24) is 5.32 Å². The van der Waals surface area contributed by atoms with Crippen molar-refractivity contribution in [3.63, 3.8) is 0 Å². The molecule has 0 aliphatic carbocycles. The highest BCUT2D eigenvalue weighted by Gasteiger charge is 2.10. The van der Waals surface area contributed by atoms with E-state index >= 15 is 0 Å². The quantitative estimate of drug-likeness (QED) is 0.643. The van der Waals surface area contributed by atoms with E-state index in [2.05, 4.69) is 12.2 Å². The number of carbonyl (C=O) groups excluding carboxylic acids is 1. The molecule has 0 saturated heterocycles. The third kappa shape index (κ3) is 4.46. The predicted molar refractivity (Wildman–Crippen MR) is 59.8 cm³/mol. The first kappa shape index (κ1) is 12.7. The van der Waals surface area contributed by atoms with Crippen molar-refractivity contribution in [1.29, 1.82) is 0 Å². The molecule has 3 N–H and O–H groups in total.